The van der Waals surface area contributed by atoms with E-state index in [-0.39, 0.29) is 5.41 Å². The molecule has 3 heteroatoms. The van der Waals surface area contributed by atoms with Gasteiger partial charge in [-0.05, 0) is 39.7 Å². The summed E-state index contributed by atoms with van der Waals surface area (Å²) in [5.74, 6) is 0. The maximum Gasteiger partial charge on any atom is 0.0951 e. The molecule has 1 N–H and O–H groups in total. The fourth-order valence-electron chi connectivity index (χ4n) is 0.928. The second-order valence-corrected chi connectivity index (χ2v) is 5.11. The second kappa shape index (κ2) is 3.28. The molecule has 0 amide bonds. The monoisotopic (exact) mass is 278 g/mol. The Bertz CT molecular complexity index is 235. The lowest BCUT2D eigenvalue weighted by atomic mass is 9.87. The predicted octanol–water partition coefficient (Wildman–Crippen LogP) is 2.64. The summed E-state index contributed by atoms with van der Waals surface area (Å²) in [5.41, 5.74) is 4.75. The number of hydrogen-bond acceptors (Lipinski definition) is 2. The van der Waals surface area contributed by atoms with E-state index in [1.807, 2.05) is 12.1 Å². The fourth-order valence-corrected chi connectivity index (χ4v) is 1.40. The lowest BCUT2D eigenvalue weighted by Crippen LogP contribution is -2.31. The van der Waals surface area contributed by atoms with Crippen LogP contribution in [0.1, 0.15) is 20.8 Å². The normalized spacial score (nSPS) is 18.2. The molecule has 68 valence electrons. The highest BCUT2D eigenvalue weighted by Gasteiger charge is 2.18. The smallest absolute Gasteiger partial charge is 0.0951 e. The number of hydrazine groups is 1. The Morgan fingerprint density at radius 3 is 2.42 bits per heavy atom. The molecule has 0 aromatic rings. The number of nitrogens with one attached hydrogen (secondary N) is 1. The largest absolute Gasteiger partial charge is 0.305 e. The maximum atomic E-state index is 3.18. The molecule has 1 aliphatic heterocycles. The Kier molecular flexibility index (Phi) is 2.70. The molecule has 1 rings (SSSR count). The standard InChI is InChI=1S/C9H15IN2/c1-9(2,3)7-5-8(10)12(4)11-6-7/h5-6,11H,1-4H3. The molecule has 0 unspecified atom stereocenters. The number of rotatable bonds is 0. The predicted molar refractivity (Wildman–Crippen MR) is 60.5 cm³/mol. The molecule has 1 aliphatic rings. The minimum absolute atomic E-state index is 0.227. The third kappa shape index (κ3) is 2.15. The van der Waals surface area contributed by atoms with Crippen LogP contribution in [0.4, 0.5) is 0 Å². The van der Waals surface area contributed by atoms with Gasteiger partial charge in [0.2, 0.25) is 0 Å². The first-order chi connectivity index (χ1) is 5.41. The molecule has 2 nitrogen and oxygen atoms in total. The van der Waals surface area contributed by atoms with Crippen molar-refractivity contribution in [2.75, 3.05) is 7.05 Å². The summed E-state index contributed by atoms with van der Waals surface area (Å²) < 4.78 is 1.22. The Morgan fingerprint density at radius 2 is 2.00 bits per heavy atom. The fraction of sp³-hybridized carbons (Fsp3) is 0.556. The Morgan fingerprint density at radius 1 is 1.42 bits per heavy atom. The molecule has 0 atom stereocenters. The van der Waals surface area contributed by atoms with Crippen molar-refractivity contribution in [3.63, 3.8) is 0 Å². The van der Waals surface area contributed by atoms with Gasteiger partial charge in [-0.15, -0.1) is 0 Å². The lowest BCUT2D eigenvalue weighted by molar-refractivity contribution is 0.364. The molecule has 12 heavy (non-hydrogen) atoms. The Balaban J connectivity index is 2.85. The Hall–Kier alpha value is -0.190. The van der Waals surface area contributed by atoms with Crippen molar-refractivity contribution in [1.82, 2.24) is 10.4 Å². The molecule has 0 bridgehead atoms. The van der Waals surface area contributed by atoms with E-state index in [1.54, 1.807) is 0 Å². The van der Waals surface area contributed by atoms with Crippen molar-refractivity contribution < 1.29 is 0 Å². The van der Waals surface area contributed by atoms with Crippen LogP contribution >= 0.6 is 22.6 Å². The van der Waals surface area contributed by atoms with Gasteiger partial charge >= 0.3 is 0 Å². The van der Waals surface area contributed by atoms with E-state index in [0.29, 0.717) is 0 Å². The van der Waals surface area contributed by atoms with Crippen molar-refractivity contribution in [1.29, 1.82) is 0 Å². The van der Waals surface area contributed by atoms with Crippen LogP contribution in [-0.2, 0) is 0 Å². The van der Waals surface area contributed by atoms with Crippen LogP contribution in [-0.4, -0.2) is 12.1 Å². The third-order valence-corrected chi connectivity index (χ3v) is 2.91. The number of allylic oxidation sites excluding steroid dienone is 2. The van der Waals surface area contributed by atoms with Gasteiger partial charge in [-0.3, -0.25) is 5.01 Å². The van der Waals surface area contributed by atoms with Crippen molar-refractivity contribution in [3.8, 4) is 0 Å². The van der Waals surface area contributed by atoms with Gasteiger partial charge in [0.15, 0.2) is 0 Å². The average Bonchev–Trinajstić information content (AvgIpc) is 1.92. The Labute approximate surface area is 87.8 Å². The van der Waals surface area contributed by atoms with Crippen molar-refractivity contribution in [2.45, 2.75) is 20.8 Å². The van der Waals surface area contributed by atoms with Crippen molar-refractivity contribution in [2.24, 2.45) is 5.41 Å². The summed E-state index contributed by atoms with van der Waals surface area (Å²) in [4.78, 5) is 0. The van der Waals surface area contributed by atoms with Crippen LogP contribution < -0.4 is 5.43 Å². The van der Waals surface area contributed by atoms with Crippen molar-refractivity contribution in [3.05, 3.63) is 21.6 Å². The van der Waals surface area contributed by atoms with Gasteiger partial charge in [-0.25, -0.2) is 0 Å². The zero-order valence-corrected chi connectivity index (χ0v) is 10.1. The van der Waals surface area contributed by atoms with Gasteiger partial charge in [0.25, 0.3) is 0 Å². The topological polar surface area (TPSA) is 15.3 Å². The van der Waals surface area contributed by atoms with E-state index in [2.05, 4.69) is 61.1 Å². The zero-order chi connectivity index (χ0) is 9.35. The van der Waals surface area contributed by atoms with E-state index in [9.17, 15) is 0 Å². The lowest BCUT2D eigenvalue weighted by Gasteiger charge is -2.29. The van der Waals surface area contributed by atoms with Crippen LogP contribution in [0.25, 0.3) is 0 Å². The van der Waals surface area contributed by atoms with Gasteiger partial charge in [-0.1, -0.05) is 20.8 Å². The molecule has 0 radical (unpaired) electrons. The van der Waals surface area contributed by atoms with Gasteiger partial charge in [-0.2, -0.15) is 0 Å². The molecular weight excluding hydrogens is 263 g/mol. The van der Waals surface area contributed by atoms with E-state index in [0.717, 1.165) is 0 Å². The highest BCUT2D eigenvalue weighted by atomic mass is 127. The van der Waals surface area contributed by atoms with E-state index >= 15 is 0 Å². The van der Waals surface area contributed by atoms with E-state index in [1.165, 1.54) is 9.28 Å². The van der Waals surface area contributed by atoms with Gasteiger partial charge < -0.3 is 5.43 Å². The molecular formula is C9H15IN2. The van der Waals surface area contributed by atoms with Crippen LogP contribution in [0.15, 0.2) is 21.6 Å². The molecule has 0 fully saturated rings. The minimum atomic E-state index is 0.227. The number of halogens is 1. The summed E-state index contributed by atoms with van der Waals surface area (Å²) in [6.45, 7) is 6.64. The summed E-state index contributed by atoms with van der Waals surface area (Å²) in [7, 11) is 2.01. The zero-order valence-electron chi connectivity index (χ0n) is 7.98. The highest BCUT2D eigenvalue weighted by Crippen LogP contribution is 2.30. The molecule has 0 aromatic carbocycles. The maximum absolute atomic E-state index is 3.18. The molecule has 0 aromatic heterocycles. The molecule has 0 spiro atoms. The first-order valence-electron chi connectivity index (χ1n) is 3.99. The quantitative estimate of drug-likeness (QED) is 0.541. The molecule has 1 heterocycles. The molecule has 0 saturated carbocycles. The van der Waals surface area contributed by atoms with Crippen LogP contribution in [0.3, 0.4) is 0 Å². The first-order valence-corrected chi connectivity index (χ1v) is 5.07. The van der Waals surface area contributed by atoms with Gasteiger partial charge in [0, 0.05) is 13.2 Å². The number of nitrogens with zero attached hydrogens (tertiary/aromatic N) is 1. The summed E-state index contributed by atoms with van der Waals surface area (Å²) in [6, 6.07) is 0. The minimum Gasteiger partial charge on any atom is -0.305 e. The van der Waals surface area contributed by atoms with Crippen LogP contribution in [0.5, 0.6) is 0 Å². The molecule has 0 saturated heterocycles. The first kappa shape index (κ1) is 9.89. The highest BCUT2D eigenvalue weighted by molar-refractivity contribution is 14.1. The van der Waals surface area contributed by atoms with E-state index < -0.39 is 0 Å². The second-order valence-electron chi connectivity index (χ2n) is 4.00. The SMILES string of the molecule is CN1NC=C(C(C)(C)C)C=C1I. The molecule has 0 aliphatic carbocycles. The van der Waals surface area contributed by atoms with Gasteiger partial charge in [0.1, 0.15) is 0 Å². The van der Waals surface area contributed by atoms with Crippen LogP contribution in [0, 0.1) is 5.41 Å². The van der Waals surface area contributed by atoms with Crippen molar-refractivity contribution >= 4 is 22.6 Å². The summed E-state index contributed by atoms with van der Waals surface area (Å²) in [6.07, 6.45) is 4.26. The number of hydrogen-bond donors (Lipinski definition) is 1. The summed E-state index contributed by atoms with van der Waals surface area (Å²) in [5, 5.41) is 2.00. The third-order valence-electron chi connectivity index (χ3n) is 1.87. The van der Waals surface area contributed by atoms with Gasteiger partial charge in [0.05, 0.1) is 3.70 Å². The average molecular weight is 278 g/mol. The van der Waals surface area contributed by atoms with E-state index in [4.69, 9.17) is 0 Å². The summed E-state index contributed by atoms with van der Waals surface area (Å²) >= 11 is 2.32. The van der Waals surface area contributed by atoms with Crippen LogP contribution in [0.2, 0.25) is 0 Å².